The monoisotopic (exact) mass is 358 g/mol. The van der Waals surface area contributed by atoms with E-state index in [9.17, 15) is 8.42 Å². The molecule has 6 heteroatoms. The number of nitrogens with one attached hydrogen (secondary N) is 1. The molecule has 5 nitrogen and oxygen atoms in total. The van der Waals surface area contributed by atoms with E-state index in [0.29, 0.717) is 29.7 Å². The number of sulfonamides is 1. The van der Waals surface area contributed by atoms with Gasteiger partial charge in [-0.15, -0.1) is 0 Å². The highest BCUT2D eigenvalue weighted by molar-refractivity contribution is 7.92. The second kappa shape index (κ2) is 6.88. The summed E-state index contributed by atoms with van der Waals surface area (Å²) in [5, 5.41) is 0. The number of benzene rings is 2. The van der Waals surface area contributed by atoms with Crippen molar-refractivity contribution >= 4 is 21.6 Å². The van der Waals surface area contributed by atoms with Crippen molar-refractivity contribution in [2.75, 3.05) is 11.3 Å². The third kappa shape index (κ3) is 3.85. The van der Waals surface area contributed by atoms with Crippen LogP contribution < -0.4 is 4.72 Å². The van der Waals surface area contributed by atoms with Crippen molar-refractivity contribution in [3.8, 4) is 0 Å². The molecule has 132 valence electrons. The van der Waals surface area contributed by atoms with Gasteiger partial charge < -0.3 is 4.74 Å². The molecule has 0 radical (unpaired) electrons. The molecule has 0 spiro atoms. The number of nitrogens with zero attached hydrogens (tertiary/aromatic N) is 1. The summed E-state index contributed by atoms with van der Waals surface area (Å²) in [6.45, 7) is 6.62. The Kier molecular flexibility index (Phi) is 4.81. The Morgan fingerprint density at radius 1 is 1.12 bits per heavy atom. The number of para-hydroxylation sites is 1. The predicted octanol–water partition coefficient (Wildman–Crippen LogP) is 3.60. The Morgan fingerprint density at radius 3 is 2.44 bits per heavy atom. The van der Waals surface area contributed by atoms with Crippen molar-refractivity contribution in [3.63, 3.8) is 0 Å². The smallest absolute Gasteiger partial charge is 0.261 e. The molecule has 0 fully saturated rings. The fourth-order valence-corrected chi connectivity index (χ4v) is 3.64. The van der Waals surface area contributed by atoms with Crippen LogP contribution in [0.5, 0.6) is 0 Å². The Bertz CT molecular complexity index is 887. The molecule has 0 bridgehead atoms. The van der Waals surface area contributed by atoms with Crippen molar-refractivity contribution in [3.05, 3.63) is 59.7 Å². The van der Waals surface area contributed by atoms with Crippen molar-refractivity contribution < 1.29 is 13.2 Å². The average molecular weight is 358 g/mol. The van der Waals surface area contributed by atoms with E-state index in [1.54, 1.807) is 36.4 Å². The fraction of sp³-hybridized carbons (Fsp3) is 0.316. The van der Waals surface area contributed by atoms with Crippen molar-refractivity contribution in [1.82, 2.24) is 0 Å². The summed E-state index contributed by atoms with van der Waals surface area (Å²) in [6.07, 6.45) is 0. The minimum absolute atomic E-state index is 0.0942. The summed E-state index contributed by atoms with van der Waals surface area (Å²) in [5.41, 5.74) is 2.13. The van der Waals surface area contributed by atoms with E-state index in [0.717, 1.165) is 5.56 Å². The lowest BCUT2D eigenvalue weighted by atomic mass is 10.1. The summed E-state index contributed by atoms with van der Waals surface area (Å²) in [6, 6.07) is 14.0. The zero-order valence-electron chi connectivity index (χ0n) is 14.6. The maximum Gasteiger partial charge on any atom is 0.261 e. The van der Waals surface area contributed by atoms with Gasteiger partial charge >= 0.3 is 0 Å². The van der Waals surface area contributed by atoms with E-state index in [2.05, 4.69) is 23.6 Å². The lowest BCUT2D eigenvalue weighted by Gasteiger charge is -2.12. The second-order valence-corrected chi connectivity index (χ2v) is 8.20. The largest absolute Gasteiger partial charge is 0.475 e. The highest BCUT2D eigenvalue weighted by Crippen LogP contribution is 2.25. The van der Waals surface area contributed by atoms with Gasteiger partial charge in [0.2, 0.25) is 5.90 Å². The SMILES string of the molecule is Cc1ccc(S(=O)(=O)Nc2ccccc2C2=N[C@@H](C(C)C)CO2)cc1. The first-order chi connectivity index (χ1) is 11.9. The number of anilines is 1. The summed E-state index contributed by atoms with van der Waals surface area (Å²) < 4.78 is 33.7. The Hall–Kier alpha value is -2.34. The van der Waals surface area contributed by atoms with Gasteiger partial charge in [-0.2, -0.15) is 0 Å². The molecule has 0 aromatic heterocycles. The maximum absolute atomic E-state index is 12.7. The van der Waals surface area contributed by atoms with Crippen LogP contribution in [0.2, 0.25) is 0 Å². The van der Waals surface area contributed by atoms with Crippen LogP contribution in [0.4, 0.5) is 5.69 Å². The molecule has 3 rings (SSSR count). The molecule has 2 aromatic rings. The third-order valence-electron chi connectivity index (χ3n) is 4.18. The minimum Gasteiger partial charge on any atom is -0.475 e. The molecule has 1 aliphatic heterocycles. The molecule has 1 N–H and O–H groups in total. The summed E-state index contributed by atoms with van der Waals surface area (Å²) >= 11 is 0. The van der Waals surface area contributed by atoms with Gasteiger partial charge in [0, 0.05) is 0 Å². The van der Waals surface area contributed by atoms with E-state index in [4.69, 9.17) is 4.74 Å². The zero-order chi connectivity index (χ0) is 18.0. The molecule has 0 unspecified atom stereocenters. The Balaban J connectivity index is 1.92. The van der Waals surface area contributed by atoms with Gasteiger partial charge in [0.1, 0.15) is 6.61 Å². The first-order valence-corrected chi connectivity index (χ1v) is 9.74. The molecule has 0 saturated carbocycles. The standard InChI is InChI=1S/C19H22N2O3S/c1-13(2)18-12-24-19(20-18)16-6-4-5-7-17(16)21-25(22,23)15-10-8-14(3)9-11-15/h4-11,13,18,21H,12H2,1-3H3/t18-/m1/s1. The summed E-state index contributed by atoms with van der Waals surface area (Å²) in [7, 11) is -3.67. The van der Waals surface area contributed by atoms with Crippen LogP contribution >= 0.6 is 0 Å². The molecule has 0 aliphatic carbocycles. The normalized spacial score (nSPS) is 17.3. The number of aryl methyl sites for hydroxylation is 1. The van der Waals surface area contributed by atoms with E-state index >= 15 is 0 Å². The van der Waals surface area contributed by atoms with Gasteiger partial charge in [-0.25, -0.2) is 13.4 Å². The van der Waals surface area contributed by atoms with Gasteiger partial charge in [0.25, 0.3) is 10.0 Å². The highest BCUT2D eigenvalue weighted by atomic mass is 32.2. The van der Waals surface area contributed by atoms with Crippen LogP contribution in [0.15, 0.2) is 58.4 Å². The number of ether oxygens (including phenoxy) is 1. The molecule has 25 heavy (non-hydrogen) atoms. The third-order valence-corrected chi connectivity index (χ3v) is 5.56. The van der Waals surface area contributed by atoms with Crippen LogP contribution in [0.3, 0.4) is 0 Å². The molecule has 1 aliphatic rings. The number of hydrogen-bond donors (Lipinski definition) is 1. The molecule has 1 heterocycles. The van der Waals surface area contributed by atoms with Gasteiger partial charge in [0.15, 0.2) is 0 Å². The van der Waals surface area contributed by atoms with Gasteiger partial charge in [-0.3, -0.25) is 4.72 Å². The molecular weight excluding hydrogens is 336 g/mol. The highest BCUT2D eigenvalue weighted by Gasteiger charge is 2.25. The van der Waals surface area contributed by atoms with Gasteiger partial charge in [-0.1, -0.05) is 43.7 Å². The molecular formula is C19H22N2O3S. The quantitative estimate of drug-likeness (QED) is 0.888. The lowest BCUT2D eigenvalue weighted by molar-refractivity contribution is 0.292. The van der Waals surface area contributed by atoms with Crippen LogP contribution in [0, 0.1) is 12.8 Å². The van der Waals surface area contributed by atoms with Crippen molar-refractivity contribution in [2.24, 2.45) is 10.9 Å². The first-order valence-electron chi connectivity index (χ1n) is 8.26. The summed E-state index contributed by atoms with van der Waals surface area (Å²) in [4.78, 5) is 4.82. The predicted molar refractivity (Wildman–Crippen MR) is 99.5 cm³/mol. The van der Waals surface area contributed by atoms with Crippen molar-refractivity contribution in [2.45, 2.75) is 31.7 Å². The van der Waals surface area contributed by atoms with E-state index < -0.39 is 10.0 Å². The Labute approximate surface area is 148 Å². The number of aliphatic imine (C=N–C) groups is 1. The van der Waals surface area contributed by atoms with Crippen LogP contribution in [0.25, 0.3) is 0 Å². The summed E-state index contributed by atoms with van der Waals surface area (Å²) in [5.74, 6) is 0.856. The second-order valence-electron chi connectivity index (χ2n) is 6.52. The van der Waals surface area contributed by atoms with Gasteiger partial charge in [0.05, 0.1) is 22.2 Å². The zero-order valence-corrected chi connectivity index (χ0v) is 15.4. The van der Waals surface area contributed by atoms with E-state index in [1.807, 2.05) is 19.1 Å². The Morgan fingerprint density at radius 2 is 1.80 bits per heavy atom. The van der Waals surface area contributed by atoms with Gasteiger partial charge in [-0.05, 0) is 37.1 Å². The molecule has 0 amide bonds. The number of hydrogen-bond acceptors (Lipinski definition) is 4. The van der Waals surface area contributed by atoms with Crippen LogP contribution in [0.1, 0.15) is 25.0 Å². The fourth-order valence-electron chi connectivity index (χ4n) is 2.56. The minimum atomic E-state index is -3.67. The topological polar surface area (TPSA) is 67.8 Å². The average Bonchev–Trinajstić information content (AvgIpc) is 3.05. The molecule has 1 atom stereocenters. The lowest BCUT2D eigenvalue weighted by Crippen LogP contribution is -2.16. The van der Waals surface area contributed by atoms with E-state index in [-0.39, 0.29) is 10.9 Å². The van der Waals surface area contributed by atoms with Crippen molar-refractivity contribution in [1.29, 1.82) is 0 Å². The maximum atomic E-state index is 12.7. The molecule has 0 saturated heterocycles. The van der Waals surface area contributed by atoms with Crippen LogP contribution in [-0.4, -0.2) is 27.0 Å². The molecule has 2 aromatic carbocycles. The van der Waals surface area contributed by atoms with Crippen LogP contribution in [-0.2, 0) is 14.8 Å². The van der Waals surface area contributed by atoms with E-state index in [1.165, 1.54) is 0 Å². The first kappa shape index (κ1) is 17.5. The number of rotatable bonds is 5.